The zero-order valence-corrected chi connectivity index (χ0v) is 14.0. The molecule has 0 bridgehead atoms. The van der Waals surface area contributed by atoms with Gasteiger partial charge in [0.05, 0.1) is 6.04 Å². The van der Waals surface area contributed by atoms with Crippen LogP contribution in [0.5, 0.6) is 0 Å². The maximum Gasteiger partial charge on any atom is 0.126 e. The zero-order valence-electron chi connectivity index (χ0n) is 10.3. The molecule has 0 saturated carbocycles. The largest absolute Gasteiger partial charge is 0.271 e. The molecule has 1 atom stereocenters. The first-order chi connectivity index (χ1) is 9.51. The molecule has 0 aliphatic carbocycles. The molecule has 0 spiro atoms. The molecule has 3 N–H and O–H groups in total. The predicted octanol–water partition coefficient (Wildman–Crippen LogP) is 4.48. The Bertz CT molecular complexity index is 622. The lowest BCUT2D eigenvalue weighted by Gasteiger charge is -2.19. The van der Waals surface area contributed by atoms with E-state index in [0.717, 1.165) is 9.13 Å². The molecule has 20 heavy (non-hydrogen) atoms. The SMILES string of the molecule is NNC(Cc1cc(Cl)ccc1F)c1cc(Cl)ccc1I. The topological polar surface area (TPSA) is 38.0 Å². The molecule has 2 nitrogen and oxygen atoms in total. The van der Waals surface area contributed by atoms with E-state index < -0.39 is 0 Å². The third-order valence-corrected chi connectivity index (χ3v) is 4.42. The van der Waals surface area contributed by atoms with Gasteiger partial charge >= 0.3 is 0 Å². The average molecular weight is 425 g/mol. The summed E-state index contributed by atoms with van der Waals surface area (Å²) in [5, 5.41) is 1.12. The van der Waals surface area contributed by atoms with Crippen molar-refractivity contribution in [3.05, 3.63) is 67.0 Å². The molecule has 2 aromatic carbocycles. The van der Waals surface area contributed by atoms with Crippen molar-refractivity contribution in [1.29, 1.82) is 0 Å². The van der Waals surface area contributed by atoms with E-state index in [0.29, 0.717) is 22.0 Å². The van der Waals surface area contributed by atoms with Gasteiger partial charge in [0.2, 0.25) is 0 Å². The van der Waals surface area contributed by atoms with Gasteiger partial charge in [-0.15, -0.1) is 0 Å². The lowest BCUT2D eigenvalue weighted by atomic mass is 9.99. The molecule has 0 radical (unpaired) electrons. The summed E-state index contributed by atoms with van der Waals surface area (Å²) in [5.41, 5.74) is 4.15. The Kier molecular flexibility index (Phi) is 5.63. The minimum atomic E-state index is -0.299. The number of benzene rings is 2. The smallest absolute Gasteiger partial charge is 0.126 e. The molecule has 6 heteroatoms. The Morgan fingerprint density at radius 2 is 1.80 bits per heavy atom. The van der Waals surface area contributed by atoms with Crippen LogP contribution >= 0.6 is 45.8 Å². The van der Waals surface area contributed by atoms with Crippen LogP contribution in [0, 0.1) is 9.39 Å². The standard InChI is InChI=1S/C14H12Cl2FIN2/c15-9-1-3-12(17)8(5-9)6-14(20-19)11-7-10(16)2-4-13(11)18/h1-5,7,14,20H,6,19H2. The van der Waals surface area contributed by atoms with Gasteiger partial charge in [-0.25, -0.2) is 4.39 Å². The van der Waals surface area contributed by atoms with Gasteiger partial charge in [0.1, 0.15) is 5.82 Å². The minimum Gasteiger partial charge on any atom is -0.271 e. The van der Waals surface area contributed by atoms with Gasteiger partial charge in [-0.3, -0.25) is 11.3 Å². The van der Waals surface area contributed by atoms with Crippen molar-refractivity contribution in [2.75, 3.05) is 0 Å². The molecule has 0 aromatic heterocycles. The molecule has 0 saturated heterocycles. The highest BCUT2D eigenvalue weighted by Gasteiger charge is 2.16. The Hall–Kier alpha value is -0.400. The summed E-state index contributed by atoms with van der Waals surface area (Å²) in [6, 6.07) is 9.78. The Morgan fingerprint density at radius 1 is 1.15 bits per heavy atom. The quantitative estimate of drug-likeness (QED) is 0.431. The van der Waals surface area contributed by atoms with E-state index >= 15 is 0 Å². The molecular weight excluding hydrogens is 413 g/mol. The van der Waals surface area contributed by atoms with Gasteiger partial charge < -0.3 is 0 Å². The normalized spacial score (nSPS) is 12.4. The summed E-state index contributed by atoms with van der Waals surface area (Å²) in [5.74, 6) is 5.31. The van der Waals surface area contributed by atoms with E-state index in [9.17, 15) is 4.39 Å². The molecular formula is C14H12Cl2FIN2. The first-order valence-corrected chi connectivity index (χ1v) is 7.69. The van der Waals surface area contributed by atoms with Crippen LogP contribution in [0.25, 0.3) is 0 Å². The fourth-order valence-corrected chi connectivity index (χ4v) is 3.05. The highest BCUT2D eigenvalue weighted by molar-refractivity contribution is 14.1. The van der Waals surface area contributed by atoms with Crippen molar-refractivity contribution in [2.24, 2.45) is 5.84 Å². The molecule has 2 rings (SSSR count). The van der Waals surface area contributed by atoms with E-state index in [1.807, 2.05) is 12.1 Å². The molecule has 0 heterocycles. The summed E-state index contributed by atoms with van der Waals surface area (Å²) in [4.78, 5) is 0. The average Bonchev–Trinajstić information content (AvgIpc) is 2.42. The van der Waals surface area contributed by atoms with Gasteiger partial charge in [-0.2, -0.15) is 0 Å². The lowest BCUT2D eigenvalue weighted by Crippen LogP contribution is -2.30. The molecule has 0 aliphatic heterocycles. The van der Waals surface area contributed by atoms with Crippen LogP contribution < -0.4 is 11.3 Å². The second-order valence-corrected chi connectivity index (χ2v) is 6.36. The second kappa shape index (κ2) is 7.04. The number of hydrazine groups is 1. The maximum atomic E-state index is 13.8. The van der Waals surface area contributed by atoms with Gasteiger partial charge in [-0.05, 0) is 76.5 Å². The molecule has 0 amide bonds. The van der Waals surface area contributed by atoms with Crippen LogP contribution in [0.15, 0.2) is 36.4 Å². The van der Waals surface area contributed by atoms with E-state index in [1.165, 1.54) is 12.1 Å². The number of hydrogen-bond donors (Lipinski definition) is 2. The number of hydrogen-bond acceptors (Lipinski definition) is 2. The summed E-state index contributed by atoms with van der Waals surface area (Å²) in [7, 11) is 0. The van der Waals surface area contributed by atoms with Crippen molar-refractivity contribution < 1.29 is 4.39 Å². The first kappa shape index (κ1) is 16.0. The van der Waals surface area contributed by atoms with Crippen LogP contribution in [0.2, 0.25) is 10.0 Å². The summed E-state index contributed by atoms with van der Waals surface area (Å²) < 4.78 is 14.8. The Balaban J connectivity index is 2.33. The number of nitrogens with two attached hydrogens (primary N) is 1. The van der Waals surface area contributed by atoms with Crippen LogP contribution in [-0.2, 0) is 6.42 Å². The third-order valence-electron chi connectivity index (χ3n) is 2.97. The van der Waals surface area contributed by atoms with Gasteiger partial charge in [-0.1, -0.05) is 23.2 Å². The summed E-state index contributed by atoms with van der Waals surface area (Å²) >= 11 is 14.1. The van der Waals surface area contributed by atoms with Crippen LogP contribution in [0.1, 0.15) is 17.2 Å². The first-order valence-electron chi connectivity index (χ1n) is 5.86. The minimum absolute atomic E-state index is 0.242. The zero-order chi connectivity index (χ0) is 14.7. The Morgan fingerprint density at radius 3 is 2.50 bits per heavy atom. The van der Waals surface area contributed by atoms with Crippen molar-refractivity contribution in [3.63, 3.8) is 0 Å². The van der Waals surface area contributed by atoms with Crippen LogP contribution in [-0.4, -0.2) is 0 Å². The van der Waals surface area contributed by atoms with Crippen molar-refractivity contribution in [3.8, 4) is 0 Å². The van der Waals surface area contributed by atoms with E-state index in [4.69, 9.17) is 29.0 Å². The molecule has 0 aliphatic rings. The Labute approximate surface area is 140 Å². The van der Waals surface area contributed by atoms with Crippen LogP contribution in [0.4, 0.5) is 4.39 Å². The highest BCUT2D eigenvalue weighted by atomic mass is 127. The van der Waals surface area contributed by atoms with Gasteiger partial charge in [0, 0.05) is 13.6 Å². The van der Waals surface area contributed by atoms with E-state index in [1.54, 1.807) is 12.1 Å². The van der Waals surface area contributed by atoms with Crippen molar-refractivity contribution in [2.45, 2.75) is 12.5 Å². The van der Waals surface area contributed by atoms with E-state index in [-0.39, 0.29) is 11.9 Å². The number of nitrogens with one attached hydrogen (secondary N) is 1. The molecule has 2 aromatic rings. The lowest BCUT2D eigenvalue weighted by molar-refractivity contribution is 0.527. The fourth-order valence-electron chi connectivity index (χ4n) is 1.96. The third kappa shape index (κ3) is 3.83. The van der Waals surface area contributed by atoms with Gasteiger partial charge in [0.15, 0.2) is 0 Å². The molecule has 106 valence electrons. The summed E-state index contributed by atoms with van der Waals surface area (Å²) in [6.45, 7) is 0. The van der Waals surface area contributed by atoms with Gasteiger partial charge in [0.25, 0.3) is 0 Å². The second-order valence-electron chi connectivity index (χ2n) is 4.32. The maximum absolute atomic E-state index is 13.8. The van der Waals surface area contributed by atoms with Crippen molar-refractivity contribution >= 4 is 45.8 Å². The van der Waals surface area contributed by atoms with Crippen molar-refractivity contribution in [1.82, 2.24) is 5.43 Å². The molecule has 0 fully saturated rings. The fraction of sp³-hybridized carbons (Fsp3) is 0.143. The number of halogens is 4. The summed E-state index contributed by atoms with van der Waals surface area (Å²) in [6.07, 6.45) is 0.388. The van der Waals surface area contributed by atoms with E-state index in [2.05, 4.69) is 28.0 Å². The monoisotopic (exact) mass is 424 g/mol. The highest BCUT2D eigenvalue weighted by Crippen LogP contribution is 2.27. The molecule has 1 unspecified atom stereocenters. The number of rotatable bonds is 4. The van der Waals surface area contributed by atoms with Crippen LogP contribution in [0.3, 0.4) is 0 Å². The predicted molar refractivity (Wildman–Crippen MR) is 89.3 cm³/mol.